The van der Waals surface area contributed by atoms with E-state index >= 15 is 0 Å². The number of aryl methyl sites for hydroxylation is 1. The zero-order chi connectivity index (χ0) is 21.6. The molecule has 0 aliphatic carbocycles. The van der Waals surface area contributed by atoms with Crippen LogP contribution in [0.2, 0.25) is 0 Å². The molecule has 3 aromatic rings. The van der Waals surface area contributed by atoms with E-state index in [4.69, 9.17) is 4.42 Å². The molecule has 0 radical (unpaired) electrons. The number of carbonyl (C=O) groups is 2. The Morgan fingerprint density at radius 2 is 1.65 bits per heavy atom. The maximum absolute atomic E-state index is 13.9. The van der Waals surface area contributed by atoms with Gasteiger partial charge in [0.25, 0.3) is 5.91 Å². The number of halogens is 1. The SMILES string of the molecule is O=C(CCc1ncc(-c2ccccc2)o1)N1CCCN(C(=O)c2ccccc2F)CC1. The van der Waals surface area contributed by atoms with Crippen molar-refractivity contribution in [3.05, 3.63) is 78.1 Å². The molecule has 1 aliphatic heterocycles. The Kier molecular flexibility index (Phi) is 6.40. The van der Waals surface area contributed by atoms with E-state index in [1.807, 2.05) is 30.3 Å². The Bertz CT molecular complexity index is 1050. The highest BCUT2D eigenvalue weighted by molar-refractivity contribution is 5.94. The normalized spacial score (nSPS) is 14.4. The van der Waals surface area contributed by atoms with Crippen molar-refractivity contribution < 1.29 is 18.4 Å². The molecule has 7 heteroatoms. The minimum absolute atomic E-state index is 0.000322. The fourth-order valence-electron chi connectivity index (χ4n) is 3.71. The summed E-state index contributed by atoms with van der Waals surface area (Å²) in [5.41, 5.74) is 1.01. The lowest BCUT2D eigenvalue weighted by Crippen LogP contribution is -2.37. The summed E-state index contributed by atoms with van der Waals surface area (Å²) >= 11 is 0. The lowest BCUT2D eigenvalue weighted by molar-refractivity contribution is -0.131. The number of hydrogen-bond acceptors (Lipinski definition) is 4. The minimum Gasteiger partial charge on any atom is -0.441 e. The summed E-state index contributed by atoms with van der Waals surface area (Å²) in [5, 5.41) is 0. The van der Waals surface area contributed by atoms with Gasteiger partial charge in [-0.05, 0) is 18.6 Å². The van der Waals surface area contributed by atoms with Crippen LogP contribution < -0.4 is 0 Å². The van der Waals surface area contributed by atoms with Crippen molar-refractivity contribution in [3.8, 4) is 11.3 Å². The van der Waals surface area contributed by atoms with Crippen LogP contribution in [0.25, 0.3) is 11.3 Å². The topological polar surface area (TPSA) is 66.7 Å². The van der Waals surface area contributed by atoms with Gasteiger partial charge in [0.15, 0.2) is 11.7 Å². The van der Waals surface area contributed by atoms with Crippen LogP contribution in [-0.2, 0) is 11.2 Å². The van der Waals surface area contributed by atoms with Crippen molar-refractivity contribution >= 4 is 11.8 Å². The molecule has 1 saturated heterocycles. The molecule has 1 aromatic heterocycles. The molecule has 0 bridgehead atoms. The number of carbonyl (C=O) groups excluding carboxylic acids is 2. The van der Waals surface area contributed by atoms with E-state index in [1.54, 1.807) is 28.1 Å². The van der Waals surface area contributed by atoms with Crippen LogP contribution in [0.3, 0.4) is 0 Å². The van der Waals surface area contributed by atoms with Gasteiger partial charge >= 0.3 is 0 Å². The summed E-state index contributed by atoms with van der Waals surface area (Å²) in [6, 6.07) is 15.7. The largest absolute Gasteiger partial charge is 0.441 e. The van der Waals surface area contributed by atoms with Crippen molar-refractivity contribution in [2.75, 3.05) is 26.2 Å². The molecule has 160 valence electrons. The molecule has 0 spiro atoms. The fourth-order valence-corrected chi connectivity index (χ4v) is 3.71. The monoisotopic (exact) mass is 421 g/mol. The molecule has 2 aromatic carbocycles. The van der Waals surface area contributed by atoms with Gasteiger partial charge in [-0.3, -0.25) is 9.59 Å². The first-order valence-electron chi connectivity index (χ1n) is 10.4. The Balaban J connectivity index is 1.30. The number of oxazole rings is 1. The number of amides is 2. The highest BCUT2D eigenvalue weighted by atomic mass is 19.1. The van der Waals surface area contributed by atoms with Crippen LogP contribution >= 0.6 is 0 Å². The Morgan fingerprint density at radius 3 is 2.45 bits per heavy atom. The summed E-state index contributed by atoms with van der Waals surface area (Å²) in [5.74, 6) is 0.351. The third kappa shape index (κ3) is 4.99. The van der Waals surface area contributed by atoms with E-state index in [-0.39, 0.29) is 23.8 Å². The standard InChI is InChI=1S/C24H24FN3O3/c25-20-10-5-4-9-19(20)24(30)28-14-6-13-27(15-16-28)23(29)12-11-22-26-17-21(31-22)18-7-2-1-3-8-18/h1-5,7-10,17H,6,11-16H2. The molecule has 6 nitrogen and oxygen atoms in total. The number of nitrogens with zero attached hydrogens (tertiary/aromatic N) is 3. The van der Waals surface area contributed by atoms with E-state index in [9.17, 15) is 14.0 Å². The van der Waals surface area contributed by atoms with Crippen LogP contribution in [0.5, 0.6) is 0 Å². The molecular weight excluding hydrogens is 397 g/mol. The number of benzene rings is 2. The third-order valence-electron chi connectivity index (χ3n) is 5.40. The first-order chi connectivity index (χ1) is 15.1. The molecule has 1 aliphatic rings. The van der Waals surface area contributed by atoms with Crippen molar-refractivity contribution in [2.24, 2.45) is 0 Å². The van der Waals surface area contributed by atoms with Gasteiger partial charge in [-0.15, -0.1) is 0 Å². The van der Waals surface area contributed by atoms with E-state index in [0.29, 0.717) is 50.7 Å². The lowest BCUT2D eigenvalue weighted by Gasteiger charge is -2.22. The summed E-state index contributed by atoms with van der Waals surface area (Å²) in [4.78, 5) is 33.0. The number of rotatable bonds is 5. The van der Waals surface area contributed by atoms with Crippen molar-refractivity contribution in [3.63, 3.8) is 0 Å². The quantitative estimate of drug-likeness (QED) is 0.629. The highest BCUT2D eigenvalue weighted by Gasteiger charge is 2.24. The van der Waals surface area contributed by atoms with E-state index in [1.165, 1.54) is 12.1 Å². The van der Waals surface area contributed by atoms with E-state index in [0.717, 1.165) is 5.56 Å². The third-order valence-corrected chi connectivity index (χ3v) is 5.40. The fraction of sp³-hybridized carbons (Fsp3) is 0.292. The molecule has 0 unspecified atom stereocenters. The zero-order valence-electron chi connectivity index (χ0n) is 17.2. The van der Waals surface area contributed by atoms with Crippen molar-refractivity contribution in [1.29, 1.82) is 0 Å². The predicted octanol–water partition coefficient (Wildman–Crippen LogP) is 3.79. The first-order valence-corrected chi connectivity index (χ1v) is 10.4. The second kappa shape index (κ2) is 9.55. The number of aromatic nitrogens is 1. The van der Waals surface area contributed by atoms with Crippen LogP contribution in [0.15, 0.2) is 65.2 Å². The molecule has 1 fully saturated rings. The van der Waals surface area contributed by atoms with Crippen molar-refractivity contribution in [2.45, 2.75) is 19.3 Å². The Labute approximate surface area is 180 Å². The van der Waals surface area contributed by atoms with Gasteiger partial charge in [-0.1, -0.05) is 42.5 Å². The van der Waals surface area contributed by atoms with E-state index < -0.39 is 5.82 Å². The Morgan fingerprint density at radius 1 is 0.935 bits per heavy atom. The molecule has 0 atom stereocenters. The zero-order valence-corrected chi connectivity index (χ0v) is 17.2. The average molecular weight is 421 g/mol. The smallest absolute Gasteiger partial charge is 0.256 e. The van der Waals surface area contributed by atoms with Gasteiger partial charge in [0, 0.05) is 44.6 Å². The highest BCUT2D eigenvalue weighted by Crippen LogP contribution is 2.20. The average Bonchev–Trinajstić information content (AvgIpc) is 3.14. The molecule has 0 saturated carbocycles. The van der Waals surface area contributed by atoms with Crippen molar-refractivity contribution in [1.82, 2.24) is 14.8 Å². The minimum atomic E-state index is -0.523. The second-order valence-electron chi connectivity index (χ2n) is 7.49. The van der Waals surface area contributed by atoms with Gasteiger partial charge in [-0.25, -0.2) is 9.37 Å². The summed E-state index contributed by atoms with van der Waals surface area (Å²) in [6.45, 7) is 1.88. The van der Waals surface area contributed by atoms with Gasteiger partial charge in [-0.2, -0.15) is 0 Å². The molecule has 31 heavy (non-hydrogen) atoms. The lowest BCUT2D eigenvalue weighted by atomic mass is 10.2. The first kappa shape index (κ1) is 20.8. The molecule has 0 N–H and O–H groups in total. The van der Waals surface area contributed by atoms with Crippen LogP contribution in [0.1, 0.15) is 29.1 Å². The van der Waals surface area contributed by atoms with Gasteiger partial charge in [0.2, 0.25) is 5.91 Å². The van der Waals surface area contributed by atoms with Gasteiger partial charge in [0.05, 0.1) is 11.8 Å². The molecule has 2 heterocycles. The maximum Gasteiger partial charge on any atom is 0.256 e. The summed E-state index contributed by atoms with van der Waals surface area (Å²) in [6.07, 6.45) is 3.03. The maximum atomic E-state index is 13.9. The van der Waals surface area contributed by atoms with Gasteiger partial charge < -0.3 is 14.2 Å². The predicted molar refractivity (Wildman–Crippen MR) is 114 cm³/mol. The van der Waals surface area contributed by atoms with Crippen LogP contribution in [-0.4, -0.2) is 52.8 Å². The Hall–Kier alpha value is -3.48. The summed E-state index contributed by atoms with van der Waals surface area (Å²) < 4.78 is 19.7. The molecule has 4 rings (SSSR count). The van der Waals surface area contributed by atoms with Crippen LogP contribution in [0, 0.1) is 5.82 Å². The second-order valence-corrected chi connectivity index (χ2v) is 7.49. The molecular formula is C24H24FN3O3. The van der Waals surface area contributed by atoms with Crippen LogP contribution in [0.4, 0.5) is 4.39 Å². The van der Waals surface area contributed by atoms with E-state index in [2.05, 4.69) is 4.98 Å². The summed E-state index contributed by atoms with van der Waals surface area (Å²) in [7, 11) is 0. The number of hydrogen-bond donors (Lipinski definition) is 0. The van der Waals surface area contributed by atoms with Gasteiger partial charge in [0.1, 0.15) is 5.82 Å². The molecule has 2 amide bonds.